The lowest BCUT2D eigenvalue weighted by Crippen LogP contribution is -2.28. The molecule has 90 valence electrons. The zero-order chi connectivity index (χ0) is 11.5. The van der Waals surface area contributed by atoms with Gasteiger partial charge >= 0.3 is 0 Å². The van der Waals surface area contributed by atoms with Crippen molar-refractivity contribution in [2.75, 3.05) is 0 Å². The predicted molar refractivity (Wildman–Crippen MR) is 66.6 cm³/mol. The van der Waals surface area contributed by atoms with E-state index in [1.165, 1.54) is 31.2 Å². The first-order chi connectivity index (χ1) is 8.28. The molecule has 0 bridgehead atoms. The van der Waals surface area contributed by atoms with E-state index >= 15 is 0 Å². The van der Waals surface area contributed by atoms with Gasteiger partial charge in [-0.05, 0) is 38.2 Å². The summed E-state index contributed by atoms with van der Waals surface area (Å²) in [5.41, 5.74) is 1.63. The molecule has 0 radical (unpaired) electrons. The fourth-order valence-corrected chi connectivity index (χ4v) is 3.77. The molecule has 1 aliphatic carbocycles. The van der Waals surface area contributed by atoms with Crippen LogP contribution in [0.25, 0.3) is 0 Å². The third-order valence-electron chi connectivity index (χ3n) is 4.81. The van der Waals surface area contributed by atoms with Gasteiger partial charge in [-0.2, -0.15) is 5.06 Å². The first kappa shape index (κ1) is 10.1. The smallest absolute Gasteiger partial charge is 0.0991 e. The van der Waals surface area contributed by atoms with Crippen molar-refractivity contribution in [3.63, 3.8) is 0 Å². The van der Waals surface area contributed by atoms with Gasteiger partial charge in [-0.15, -0.1) is 0 Å². The van der Waals surface area contributed by atoms with Gasteiger partial charge in [0.2, 0.25) is 0 Å². The molecule has 1 spiro atoms. The highest BCUT2D eigenvalue weighted by atomic mass is 16.7. The van der Waals surface area contributed by atoms with Crippen molar-refractivity contribution in [3.05, 3.63) is 35.9 Å². The molecule has 0 aromatic heterocycles. The molecular formula is C15H19NO. The molecule has 0 N–H and O–H groups in total. The van der Waals surface area contributed by atoms with E-state index in [1.54, 1.807) is 0 Å². The average molecular weight is 229 g/mol. The standard InChI is InChI=1S/C15H19NO/c1-11-7-8-13-9-15(17-16(11)13)10-14(15)12-5-3-2-4-6-12/h2-6,11,13-14H,7-10H2,1H3/t11-,13+,14-,15+/m1/s1. The molecule has 1 aromatic carbocycles. The van der Waals surface area contributed by atoms with E-state index in [4.69, 9.17) is 4.84 Å². The molecule has 4 atom stereocenters. The van der Waals surface area contributed by atoms with Crippen LogP contribution in [0.3, 0.4) is 0 Å². The lowest BCUT2D eigenvalue weighted by molar-refractivity contribution is -0.180. The summed E-state index contributed by atoms with van der Waals surface area (Å²) in [6.45, 7) is 2.29. The molecule has 2 nitrogen and oxygen atoms in total. The van der Waals surface area contributed by atoms with E-state index in [0.717, 1.165) is 0 Å². The van der Waals surface area contributed by atoms with Crippen molar-refractivity contribution in [1.29, 1.82) is 0 Å². The van der Waals surface area contributed by atoms with Crippen LogP contribution in [0.1, 0.15) is 44.1 Å². The molecular weight excluding hydrogens is 210 g/mol. The van der Waals surface area contributed by atoms with E-state index in [9.17, 15) is 0 Å². The van der Waals surface area contributed by atoms with Crippen molar-refractivity contribution in [2.24, 2.45) is 0 Å². The summed E-state index contributed by atoms with van der Waals surface area (Å²) in [6.07, 6.45) is 5.09. The largest absolute Gasteiger partial charge is 0.291 e. The van der Waals surface area contributed by atoms with Crippen molar-refractivity contribution < 1.29 is 4.84 Å². The zero-order valence-electron chi connectivity index (χ0n) is 10.3. The van der Waals surface area contributed by atoms with Gasteiger partial charge < -0.3 is 0 Å². The lowest BCUT2D eigenvalue weighted by Gasteiger charge is -2.20. The first-order valence-corrected chi connectivity index (χ1v) is 6.81. The maximum Gasteiger partial charge on any atom is 0.0991 e. The van der Waals surface area contributed by atoms with Gasteiger partial charge in [0, 0.05) is 18.0 Å². The van der Waals surface area contributed by atoms with Crippen LogP contribution >= 0.6 is 0 Å². The van der Waals surface area contributed by atoms with Gasteiger partial charge in [0.25, 0.3) is 0 Å². The molecule has 3 aliphatic rings. The van der Waals surface area contributed by atoms with Crippen molar-refractivity contribution in [3.8, 4) is 0 Å². The number of hydroxylamine groups is 2. The van der Waals surface area contributed by atoms with Crippen LogP contribution in [0.2, 0.25) is 0 Å². The Hall–Kier alpha value is -0.860. The highest BCUT2D eigenvalue weighted by molar-refractivity contribution is 5.32. The van der Waals surface area contributed by atoms with E-state index in [0.29, 0.717) is 18.0 Å². The molecule has 2 saturated heterocycles. The molecule has 17 heavy (non-hydrogen) atoms. The summed E-state index contributed by atoms with van der Waals surface area (Å²) in [5.74, 6) is 0.640. The maximum atomic E-state index is 6.30. The molecule has 1 aromatic rings. The number of nitrogens with zero attached hydrogens (tertiary/aromatic N) is 1. The van der Waals surface area contributed by atoms with E-state index in [2.05, 4.69) is 42.3 Å². The zero-order valence-corrected chi connectivity index (χ0v) is 10.3. The molecule has 2 aliphatic heterocycles. The molecule has 4 rings (SSSR count). The summed E-state index contributed by atoms with van der Waals surface area (Å²) >= 11 is 0. The molecule has 2 heteroatoms. The van der Waals surface area contributed by atoms with Gasteiger partial charge in [-0.3, -0.25) is 4.84 Å². The minimum Gasteiger partial charge on any atom is -0.291 e. The highest BCUT2D eigenvalue weighted by Gasteiger charge is 2.64. The third-order valence-corrected chi connectivity index (χ3v) is 4.81. The number of hydrogen-bond acceptors (Lipinski definition) is 2. The second kappa shape index (κ2) is 3.33. The van der Waals surface area contributed by atoms with Crippen molar-refractivity contribution >= 4 is 0 Å². The van der Waals surface area contributed by atoms with Gasteiger partial charge in [-0.1, -0.05) is 30.3 Å². The Balaban J connectivity index is 1.55. The fraction of sp³-hybridized carbons (Fsp3) is 0.600. The lowest BCUT2D eigenvalue weighted by atomic mass is 10.0. The van der Waals surface area contributed by atoms with Crippen LogP contribution in [-0.4, -0.2) is 22.7 Å². The van der Waals surface area contributed by atoms with E-state index in [1.807, 2.05) is 0 Å². The van der Waals surface area contributed by atoms with Crippen molar-refractivity contribution in [2.45, 2.75) is 56.2 Å². The van der Waals surface area contributed by atoms with Crippen LogP contribution in [0.15, 0.2) is 30.3 Å². The number of hydrogen-bond donors (Lipinski definition) is 0. The van der Waals surface area contributed by atoms with Gasteiger partial charge in [0.05, 0.1) is 5.60 Å². The Morgan fingerprint density at radius 2 is 2.00 bits per heavy atom. The molecule has 0 amide bonds. The van der Waals surface area contributed by atoms with Crippen LogP contribution in [0, 0.1) is 0 Å². The number of benzene rings is 1. The Labute approximate surface area is 103 Å². The normalized spacial score (nSPS) is 44.2. The Morgan fingerprint density at radius 3 is 2.76 bits per heavy atom. The van der Waals surface area contributed by atoms with Crippen molar-refractivity contribution in [1.82, 2.24) is 5.06 Å². The van der Waals surface area contributed by atoms with Crippen LogP contribution in [0.5, 0.6) is 0 Å². The monoisotopic (exact) mass is 229 g/mol. The van der Waals surface area contributed by atoms with Gasteiger partial charge in [0.15, 0.2) is 0 Å². The summed E-state index contributed by atoms with van der Waals surface area (Å²) in [5, 5.41) is 2.29. The van der Waals surface area contributed by atoms with Gasteiger partial charge in [-0.25, -0.2) is 0 Å². The summed E-state index contributed by atoms with van der Waals surface area (Å²) < 4.78 is 0. The summed E-state index contributed by atoms with van der Waals surface area (Å²) in [7, 11) is 0. The minimum atomic E-state index is 0.167. The van der Waals surface area contributed by atoms with Gasteiger partial charge in [0.1, 0.15) is 0 Å². The van der Waals surface area contributed by atoms with Crippen LogP contribution in [-0.2, 0) is 4.84 Å². The topological polar surface area (TPSA) is 12.5 Å². The molecule has 1 saturated carbocycles. The molecule has 0 unspecified atom stereocenters. The highest BCUT2D eigenvalue weighted by Crippen LogP contribution is 2.62. The minimum absolute atomic E-state index is 0.167. The second-order valence-corrected chi connectivity index (χ2v) is 5.97. The molecule has 2 heterocycles. The van der Waals surface area contributed by atoms with E-state index < -0.39 is 0 Å². The Morgan fingerprint density at radius 1 is 1.18 bits per heavy atom. The number of fused-ring (bicyclic) bond motifs is 1. The Bertz CT molecular complexity index is 432. The third kappa shape index (κ3) is 1.40. The Kier molecular flexibility index (Phi) is 1.98. The van der Waals surface area contributed by atoms with E-state index in [-0.39, 0.29) is 5.60 Å². The number of rotatable bonds is 1. The quantitative estimate of drug-likeness (QED) is 0.733. The van der Waals surface area contributed by atoms with Crippen LogP contribution < -0.4 is 0 Å². The molecule has 3 fully saturated rings. The first-order valence-electron chi connectivity index (χ1n) is 6.81. The predicted octanol–water partition coefficient (Wildman–Crippen LogP) is 3.10. The summed E-state index contributed by atoms with van der Waals surface area (Å²) in [4.78, 5) is 6.30. The fourth-order valence-electron chi connectivity index (χ4n) is 3.77. The summed E-state index contributed by atoms with van der Waals surface area (Å²) in [6, 6.07) is 12.2. The maximum absolute atomic E-state index is 6.30. The van der Waals surface area contributed by atoms with Crippen LogP contribution in [0.4, 0.5) is 0 Å². The second-order valence-electron chi connectivity index (χ2n) is 5.97. The average Bonchev–Trinajstić information content (AvgIpc) is 2.77. The SMILES string of the molecule is C[C@@H]1CC[C@H]2C[C@@]3(C[C@@H]3c3ccccc3)ON21.